The van der Waals surface area contributed by atoms with Crippen molar-refractivity contribution in [3.8, 4) is 0 Å². The molecule has 0 unspecified atom stereocenters. The molecule has 0 bridgehead atoms. The monoisotopic (exact) mass is 466 g/mol. The third-order valence-electron chi connectivity index (χ3n) is 5.12. The smallest absolute Gasteiger partial charge is 0.255 e. The highest BCUT2D eigenvalue weighted by molar-refractivity contribution is 7.89. The molecule has 0 aliphatic carbocycles. The van der Waals surface area contributed by atoms with Gasteiger partial charge in [-0.2, -0.15) is 4.31 Å². The Balaban J connectivity index is 1.82. The standard InChI is InChI=1S/C24H26N4O4S/c1-4-28(5-2)33(31,32)21-10-9-17(3)22(16-21)24(30)27-20-8-6-7-18(15-20)23(29)26-19-11-13-25-14-12-19/h6-16H,4-5H2,1-3H3,(H,27,30)(H,25,26,29). The van der Waals surface area contributed by atoms with E-state index in [0.717, 1.165) is 0 Å². The SMILES string of the molecule is CCN(CC)S(=O)(=O)c1ccc(C)c(C(=O)Nc2cccc(C(=O)Nc3ccncc3)c2)c1. The number of hydrogen-bond donors (Lipinski definition) is 2. The average Bonchev–Trinajstić information content (AvgIpc) is 2.80. The van der Waals surface area contributed by atoms with Gasteiger partial charge in [0, 0.05) is 48.0 Å². The number of rotatable bonds is 8. The number of aryl methyl sites for hydroxylation is 1. The van der Waals surface area contributed by atoms with E-state index < -0.39 is 15.9 Å². The first kappa shape index (κ1) is 24.1. The molecule has 3 aromatic rings. The van der Waals surface area contributed by atoms with Crippen LogP contribution in [-0.4, -0.2) is 42.6 Å². The number of sulfonamides is 1. The minimum absolute atomic E-state index is 0.0624. The highest BCUT2D eigenvalue weighted by Crippen LogP contribution is 2.21. The lowest BCUT2D eigenvalue weighted by Crippen LogP contribution is -2.30. The minimum Gasteiger partial charge on any atom is -0.322 e. The maximum Gasteiger partial charge on any atom is 0.255 e. The summed E-state index contributed by atoms with van der Waals surface area (Å²) >= 11 is 0. The Hall–Kier alpha value is -3.56. The Bertz CT molecular complexity index is 1260. The van der Waals surface area contributed by atoms with Gasteiger partial charge in [0.2, 0.25) is 10.0 Å². The van der Waals surface area contributed by atoms with Gasteiger partial charge in [-0.25, -0.2) is 8.42 Å². The van der Waals surface area contributed by atoms with Crippen molar-refractivity contribution in [1.29, 1.82) is 0 Å². The van der Waals surface area contributed by atoms with Crippen molar-refractivity contribution < 1.29 is 18.0 Å². The van der Waals surface area contributed by atoms with E-state index in [1.165, 1.54) is 16.4 Å². The summed E-state index contributed by atoms with van der Waals surface area (Å²) in [6.07, 6.45) is 3.15. The predicted molar refractivity (Wildman–Crippen MR) is 128 cm³/mol. The summed E-state index contributed by atoms with van der Waals surface area (Å²) in [7, 11) is -3.70. The number of carbonyl (C=O) groups is 2. The van der Waals surface area contributed by atoms with Crippen molar-refractivity contribution in [3.63, 3.8) is 0 Å². The van der Waals surface area contributed by atoms with Crippen molar-refractivity contribution in [2.24, 2.45) is 0 Å². The molecule has 0 saturated heterocycles. The van der Waals surface area contributed by atoms with Gasteiger partial charge >= 0.3 is 0 Å². The van der Waals surface area contributed by atoms with Crippen molar-refractivity contribution >= 4 is 33.2 Å². The van der Waals surface area contributed by atoms with E-state index in [-0.39, 0.29) is 16.4 Å². The zero-order chi connectivity index (χ0) is 24.0. The van der Waals surface area contributed by atoms with Crippen LogP contribution in [0.15, 0.2) is 71.9 Å². The number of hydrogen-bond acceptors (Lipinski definition) is 5. The van der Waals surface area contributed by atoms with Gasteiger partial charge in [-0.15, -0.1) is 0 Å². The Morgan fingerprint density at radius 2 is 1.55 bits per heavy atom. The summed E-state index contributed by atoms with van der Waals surface area (Å²) in [5.41, 5.74) is 2.26. The fourth-order valence-electron chi connectivity index (χ4n) is 3.29. The first-order chi connectivity index (χ1) is 15.8. The summed E-state index contributed by atoms with van der Waals surface area (Å²) in [6.45, 7) is 5.94. The zero-order valence-corrected chi connectivity index (χ0v) is 19.5. The van der Waals surface area contributed by atoms with Crippen LogP contribution in [0.4, 0.5) is 11.4 Å². The summed E-state index contributed by atoms with van der Waals surface area (Å²) in [5.74, 6) is -0.795. The molecule has 0 radical (unpaired) electrons. The number of amides is 2. The summed E-state index contributed by atoms with van der Waals surface area (Å²) in [6, 6.07) is 14.4. The molecule has 0 fully saturated rings. The lowest BCUT2D eigenvalue weighted by Gasteiger charge is -2.19. The van der Waals surface area contributed by atoms with Crippen LogP contribution in [0.5, 0.6) is 0 Å². The molecule has 8 nitrogen and oxygen atoms in total. The Morgan fingerprint density at radius 1 is 0.879 bits per heavy atom. The number of carbonyl (C=O) groups excluding carboxylic acids is 2. The quantitative estimate of drug-likeness (QED) is 0.523. The molecule has 33 heavy (non-hydrogen) atoms. The van der Waals surface area contributed by atoms with Gasteiger partial charge in [0.25, 0.3) is 11.8 Å². The van der Waals surface area contributed by atoms with Crippen LogP contribution in [0.2, 0.25) is 0 Å². The van der Waals surface area contributed by atoms with Crippen molar-refractivity contribution in [1.82, 2.24) is 9.29 Å². The average molecular weight is 467 g/mol. The maximum atomic E-state index is 13.0. The first-order valence-corrected chi connectivity index (χ1v) is 11.9. The van der Waals surface area contributed by atoms with Gasteiger partial charge < -0.3 is 10.6 Å². The lowest BCUT2D eigenvalue weighted by atomic mass is 10.1. The molecule has 1 heterocycles. The van der Waals surface area contributed by atoms with Crippen LogP contribution in [0.1, 0.15) is 40.1 Å². The minimum atomic E-state index is -3.70. The van der Waals surface area contributed by atoms with Crippen molar-refractivity contribution in [2.75, 3.05) is 23.7 Å². The third-order valence-corrected chi connectivity index (χ3v) is 7.16. The van der Waals surface area contributed by atoms with Crippen LogP contribution in [0.3, 0.4) is 0 Å². The van der Waals surface area contributed by atoms with Crippen LogP contribution in [-0.2, 0) is 10.0 Å². The molecule has 0 aliphatic rings. The number of pyridine rings is 1. The van der Waals surface area contributed by atoms with Gasteiger partial charge in [-0.3, -0.25) is 14.6 Å². The van der Waals surface area contributed by atoms with E-state index in [0.29, 0.717) is 35.6 Å². The van der Waals surface area contributed by atoms with Gasteiger partial charge in [0.1, 0.15) is 0 Å². The van der Waals surface area contributed by atoms with Gasteiger partial charge in [0.15, 0.2) is 0 Å². The topological polar surface area (TPSA) is 108 Å². The summed E-state index contributed by atoms with van der Waals surface area (Å²) in [5, 5.41) is 5.52. The van der Waals surface area contributed by atoms with Crippen LogP contribution < -0.4 is 10.6 Å². The molecule has 2 N–H and O–H groups in total. The summed E-state index contributed by atoms with van der Waals surface area (Å²) < 4.78 is 27.0. The zero-order valence-electron chi connectivity index (χ0n) is 18.7. The molecule has 0 atom stereocenters. The molecular formula is C24H26N4O4S. The largest absolute Gasteiger partial charge is 0.322 e. The van der Waals surface area contributed by atoms with Gasteiger partial charge in [0.05, 0.1) is 4.90 Å². The van der Waals surface area contributed by atoms with E-state index in [2.05, 4.69) is 15.6 Å². The molecule has 1 aromatic heterocycles. The summed E-state index contributed by atoms with van der Waals surface area (Å²) in [4.78, 5) is 29.5. The predicted octanol–water partition coefficient (Wildman–Crippen LogP) is 3.93. The first-order valence-electron chi connectivity index (χ1n) is 10.5. The second-order valence-corrected chi connectivity index (χ2v) is 9.23. The number of nitrogens with one attached hydrogen (secondary N) is 2. The Labute approximate surface area is 193 Å². The van der Waals surface area contributed by atoms with Crippen LogP contribution in [0.25, 0.3) is 0 Å². The van der Waals surface area contributed by atoms with E-state index in [1.54, 1.807) is 75.6 Å². The molecule has 0 saturated carbocycles. The van der Waals surface area contributed by atoms with E-state index in [4.69, 9.17) is 0 Å². The second kappa shape index (κ2) is 10.4. The normalized spacial score (nSPS) is 11.3. The molecule has 3 rings (SSSR count). The Morgan fingerprint density at radius 3 is 2.21 bits per heavy atom. The second-order valence-electron chi connectivity index (χ2n) is 7.29. The molecule has 2 amide bonds. The van der Waals surface area contributed by atoms with E-state index in [9.17, 15) is 18.0 Å². The number of aromatic nitrogens is 1. The molecule has 0 spiro atoms. The molecular weight excluding hydrogens is 440 g/mol. The molecule has 0 aliphatic heterocycles. The molecule has 172 valence electrons. The highest BCUT2D eigenvalue weighted by atomic mass is 32.2. The van der Waals surface area contributed by atoms with Crippen LogP contribution >= 0.6 is 0 Å². The van der Waals surface area contributed by atoms with Crippen molar-refractivity contribution in [2.45, 2.75) is 25.7 Å². The number of nitrogens with zero attached hydrogens (tertiary/aromatic N) is 2. The Kier molecular flexibility index (Phi) is 7.57. The lowest BCUT2D eigenvalue weighted by molar-refractivity contribution is 0.101. The fraction of sp³-hybridized carbons (Fsp3) is 0.208. The third kappa shape index (κ3) is 5.63. The molecule has 9 heteroatoms. The van der Waals surface area contributed by atoms with E-state index >= 15 is 0 Å². The number of anilines is 2. The van der Waals surface area contributed by atoms with E-state index in [1.807, 2.05) is 0 Å². The van der Waals surface area contributed by atoms with Gasteiger partial charge in [-0.1, -0.05) is 26.0 Å². The van der Waals surface area contributed by atoms with Crippen LogP contribution in [0, 0.1) is 6.92 Å². The number of benzene rings is 2. The van der Waals surface area contributed by atoms with Gasteiger partial charge in [-0.05, 0) is 55.0 Å². The maximum absolute atomic E-state index is 13.0. The fourth-order valence-corrected chi connectivity index (χ4v) is 4.78. The molecule has 2 aromatic carbocycles. The van der Waals surface area contributed by atoms with Crippen molar-refractivity contribution in [3.05, 3.63) is 83.7 Å². The highest BCUT2D eigenvalue weighted by Gasteiger charge is 2.23.